The van der Waals surface area contributed by atoms with Gasteiger partial charge in [0.25, 0.3) is 5.56 Å². The second kappa shape index (κ2) is 8.69. The highest BCUT2D eigenvalue weighted by Crippen LogP contribution is 2.18. The molecule has 0 saturated carbocycles. The van der Waals surface area contributed by atoms with E-state index in [9.17, 15) is 4.79 Å². The molecule has 156 valence electrons. The minimum absolute atomic E-state index is 0.108. The highest BCUT2D eigenvalue weighted by Gasteiger charge is 2.07. The van der Waals surface area contributed by atoms with Crippen LogP contribution in [0.25, 0.3) is 22.8 Å². The number of rotatable bonds is 6. The molecule has 7 heteroatoms. The standard InChI is InChI=1S/C25H20N6O/c32-23-14-9-20-18-26-25(28-21-10-12-22(13-11-21)31-17-5-15-27-31)29-24(20)30(23)16-4-8-19-6-2-1-3-7-19/h1-15,17-18H,16H2,(H,26,28,29)/b8-4+. The predicted octanol–water partition coefficient (Wildman–Crippen LogP) is 4.43. The lowest BCUT2D eigenvalue weighted by atomic mass is 10.2. The highest BCUT2D eigenvalue weighted by atomic mass is 16.1. The molecule has 2 aromatic carbocycles. The molecule has 0 unspecified atom stereocenters. The van der Waals surface area contributed by atoms with E-state index in [1.165, 1.54) is 0 Å². The average Bonchev–Trinajstić information content (AvgIpc) is 3.37. The maximum atomic E-state index is 12.5. The Morgan fingerprint density at radius 2 is 1.78 bits per heavy atom. The van der Waals surface area contributed by atoms with Crippen LogP contribution in [0, 0.1) is 0 Å². The molecule has 0 bridgehead atoms. The first-order valence-electron chi connectivity index (χ1n) is 10.2. The molecule has 0 atom stereocenters. The van der Waals surface area contributed by atoms with Gasteiger partial charge in [-0.25, -0.2) is 9.67 Å². The number of benzene rings is 2. The Balaban J connectivity index is 1.41. The minimum atomic E-state index is -0.108. The fourth-order valence-electron chi connectivity index (χ4n) is 3.41. The quantitative estimate of drug-likeness (QED) is 0.440. The van der Waals surface area contributed by atoms with Crippen molar-refractivity contribution in [2.45, 2.75) is 6.54 Å². The van der Waals surface area contributed by atoms with Crippen molar-refractivity contribution in [2.75, 3.05) is 5.32 Å². The van der Waals surface area contributed by atoms with Crippen molar-refractivity contribution in [3.05, 3.63) is 113 Å². The van der Waals surface area contributed by atoms with E-state index in [1.807, 2.05) is 79.0 Å². The van der Waals surface area contributed by atoms with Gasteiger partial charge < -0.3 is 5.32 Å². The number of pyridine rings is 1. The van der Waals surface area contributed by atoms with Gasteiger partial charge in [-0.3, -0.25) is 9.36 Å². The number of aromatic nitrogens is 5. The van der Waals surface area contributed by atoms with Crippen molar-refractivity contribution in [1.29, 1.82) is 0 Å². The molecule has 5 aromatic rings. The summed E-state index contributed by atoms with van der Waals surface area (Å²) in [6.45, 7) is 0.417. The molecule has 32 heavy (non-hydrogen) atoms. The zero-order chi connectivity index (χ0) is 21.8. The molecule has 0 amide bonds. The molecule has 3 aromatic heterocycles. The van der Waals surface area contributed by atoms with Crippen molar-refractivity contribution in [3.63, 3.8) is 0 Å². The Morgan fingerprint density at radius 1 is 0.938 bits per heavy atom. The van der Waals surface area contributed by atoms with Crippen LogP contribution in [0.4, 0.5) is 11.6 Å². The van der Waals surface area contributed by atoms with Gasteiger partial charge in [0.2, 0.25) is 5.95 Å². The first-order chi connectivity index (χ1) is 15.8. The third-order valence-corrected chi connectivity index (χ3v) is 5.01. The number of nitrogens with one attached hydrogen (secondary N) is 1. The van der Waals surface area contributed by atoms with Crippen LogP contribution >= 0.6 is 0 Å². The average molecular weight is 420 g/mol. The fraction of sp³-hybridized carbons (Fsp3) is 0.0400. The van der Waals surface area contributed by atoms with Gasteiger partial charge in [0.05, 0.1) is 5.69 Å². The third-order valence-electron chi connectivity index (χ3n) is 5.01. The second-order valence-electron chi connectivity index (χ2n) is 7.19. The molecule has 0 spiro atoms. The first kappa shape index (κ1) is 19.4. The van der Waals surface area contributed by atoms with Gasteiger partial charge in [0, 0.05) is 42.3 Å². The van der Waals surface area contributed by atoms with Gasteiger partial charge in [-0.05, 0) is 42.0 Å². The highest BCUT2D eigenvalue weighted by molar-refractivity contribution is 5.75. The van der Waals surface area contributed by atoms with Crippen LogP contribution in [0.1, 0.15) is 5.56 Å². The van der Waals surface area contributed by atoms with Crippen LogP contribution < -0.4 is 10.9 Å². The Morgan fingerprint density at radius 3 is 2.56 bits per heavy atom. The summed E-state index contributed by atoms with van der Waals surface area (Å²) >= 11 is 0. The molecular formula is C25H20N6O. The molecular weight excluding hydrogens is 400 g/mol. The lowest BCUT2D eigenvalue weighted by Crippen LogP contribution is -2.19. The molecule has 0 aliphatic carbocycles. The van der Waals surface area contributed by atoms with Crippen LogP contribution in [-0.4, -0.2) is 24.3 Å². The van der Waals surface area contributed by atoms with Gasteiger partial charge in [-0.1, -0.05) is 42.5 Å². The summed E-state index contributed by atoms with van der Waals surface area (Å²) < 4.78 is 3.43. The van der Waals surface area contributed by atoms with E-state index in [2.05, 4.69) is 20.4 Å². The smallest absolute Gasteiger partial charge is 0.252 e. The molecule has 5 rings (SSSR count). The topological polar surface area (TPSA) is 77.6 Å². The van der Waals surface area contributed by atoms with Gasteiger partial charge in [0.15, 0.2) is 0 Å². The summed E-state index contributed by atoms with van der Waals surface area (Å²) in [7, 11) is 0. The minimum Gasteiger partial charge on any atom is -0.324 e. The molecule has 0 fully saturated rings. The normalized spacial score (nSPS) is 11.2. The largest absolute Gasteiger partial charge is 0.324 e. The summed E-state index contributed by atoms with van der Waals surface area (Å²) in [5, 5.41) is 8.24. The van der Waals surface area contributed by atoms with E-state index in [1.54, 1.807) is 33.8 Å². The summed E-state index contributed by atoms with van der Waals surface area (Å²) in [6, 6.07) is 22.9. The van der Waals surface area contributed by atoms with Gasteiger partial charge in [0.1, 0.15) is 5.65 Å². The molecule has 7 nitrogen and oxygen atoms in total. The number of anilines is 2. The van der Waals surface area contributed by atoms with Gasteiger partial charge in [-0.2, -0.15) is 10.1 Å². The maximum Gasteiger partial charge on any atom is 0.252 e. The number of hydrogen-bond donors (Lipinski definition) is 1. The number of hydrogen-bond acceptors (Lipinski definition) is 5. The summed E-state index contributed by atoms with van der Waals surface area (Å²) in [5.74, 6) is 0.427. The Bertz CT molecular complexity index is 1420. The molecule has 0 saturated heterocycles. The Hall–Kier alpha value is -4.52. The SMILES string of the molecule is O=c1ccc2cnc(Nc3ccc(-n4cccn4)cc3)nc2n1C/C=C/c1ccccc1. The van der Waals surface area contributed by atoms with E-state index in [-0.39, 0.29) is 5.56 Å². The molecule has 0 aliphatic rings. The molecule has 1 N–H and O–H groups in total. The van der Waals surface area contributed by atoms with Crippen molar-refractivity contribution in [2.24, 2.45) is 0 Å². The maximum absolute atomic E-state index is 12.5. The first-order valence-corrected chi connectivity index (χ1v) is 10.2. The zero-order valence-corrected chi connectivity index (χ0v) is 17.2. The lowest BCUT2D eigenvalue weighted by molar-refractivity contribution is 0.805. The van der Waals surface area contributed by atoms with Crippen LogP contribution in [0.3, 0.4) is 0 Å². The third kappa shape index (κ3) is 4.17. The Kier molecular flexibility index (Phi) is 5.28. The number of fused-ring (bicyclic) bond motifs is 1. The van der Waals surface area contributed by atoms with Crippen LogP contribution in [0.5, 0.6) is 0 Å². The summed E-state index contributed by atoms with van der Waals surface area (Å²) in [4.78, 5) is 21.6. The lowest BCUT2D eigenvalue weighted by Gasteiger charge is -2.10. The van der Waals surface area contributed by atoms with Crippen LogP contribution in [0.15, 0.2) is 102 Å². The monoisotopic (exact) mass is 420 g/mol. The van der Waals surface area contributed by atoms with E-state index in [4.69, 9.17) is 0 Å². The van der Waals surface area contributed by atoms with E-state index in [0.29, 0.717) is 18.1 Å². The van der Waals surface area contributed by atoms with Crippen LogP contribution in [0.2, 0.25) is 0 Å². The number of nitrogens with zero attached hydrogens (tertiary/aromatic N) is 5. The second-order valence-corrected chi connectivity index (χ2v) is 7.19. The van der Waals surface area contributed by atoms with E-state index >= 15 is 0 Å². The zero-order valence-electron chi connectivity index (χ0n) is 17.2. The van der Waals surface area contributed by atoms with Crippen molar-refractivity contribution >= 4 is 28.7 Å². The van der Waals surface area contributed by atoms with Crippen molar-refractivity contribution in [1.82, 2.24) is 24.3 Å². The van der Waals surface area contributed by atoms with E-state index in [0.717, 1.165) is 22.3 Å². The Labute approximate surface area is 184 Å². The van der Waals surface area contributed by atoms with Gasteiger partial charge in [-0.15, -0.1) is 0 Å². The van der Waals surface area contributed by atoms with Crippen molar-refractivity contribution < 1.29 is 0 Å². The molecule has 0 aliphatic heterocycles. The van der Waals surface area contributed by atoms with E-state index < -0.39 is 0 Å². The fourth-order valence-corrected chi connectivity index (χ4v) is 3.41. The van der Waals surface area contributed by atoms with Crippen LogP contribution in [-0.2, 0) is 6.54 Å². The molecule has 0 radical (unpaired) electrons. The molecule has 3 heterocycles. The summed E-state index contributed by atoms with van der Waals surface area (Å²) in [6.07, 6.45) is 9.30. The summed E-state index contributed by atoms with van der Waals surface area (Å²) in [5.41, 5.74) is 3.36. The van der Waals surface area contributed by atoms with Crippen molar-refractivity contribution in [3.8, 4) is 5.69 Å². The van der Waals surface area contributed by atoms with Gasteiger partial charge >= 0.3 is 0 Å². The predicted molar refractivity (Wildman–Crippen MR) is 126 cm³/mol. The number of allylic oxidation sites excluding steroid dienone is 1.